The molecule has 2 rings (SSSR count). The topological polar surface area (TPSA) is 43.4 Å². The number of carbonyl (C=O) groups is 2. The molecule has 0 saturated carbocycles. The first-order valence-corrected chi connectivity index (χ1v) is 10.2. The summed E-state index contributed by atoms with van der Waals surface area (Å²) < 4.78 is 5.87. The molecule has 3 nitrogen and oxygen atoms in total. The summed E-state index contributed by atoms with van der Waals surface area (Å²) in [5, 5.41) is 0. The highest BCUT2D eigenvalue weighted by Crippen LogP contribution is 2.26. The molecule has 2 aromatic rings. The number of hydrogen-bond donors (Lipinski definition) is 0. The van der Waals surface area contributed by atoms with Crippen molar-refractivity contribution in [3.63, 3.8) is 0 Å². The molecule has 0 aromatic heterocycles. The van der Waals surface area contributed by atoms with Gasteiger partial charge in [-0.05, 0) is 49.5 Å². The fraction of sp³-hybridized carbons (Fsp3) is 0.259. The fourth-order valence-electron chi connectivity index (χ4n) is 3.42. The van der Waals surface area contributed by atoms with Gasteiger partial charge in [0.05, 0.1) is 5.56 Å². The number of esters is 1. The molecule has 0 fully saturated rings. The predicted octanol–water partition coefficient (Wildman–Crippen LogP) is 6.41. The molecule has 2 aromatic carbocycles. The molecular weight excluding hydrogens is 372 g/mol. The van der Waals surface area contributed by atoms with Gasteiger partial charge in [-0.15, -0.1) is 13.2 Å². The minimum absolute atomic E-state index is 0.0381. The molecule has 30 heavy (non-hydrogen) atoms. The van der Waals surface area contributed by atoms with E-state index in [9.17, 15) is 9.59 Å². The third-order valence-corrected chi connectivity index (χ3v) is 4.77. The number of unbranched alkanes of at least 4 members (excludes halogenated alkanes) is 1. The van der Waals surface area contributed by atoms with E-state index in [1.165, 1.54) is 0 Å². The van der Waals surface area contributed by atoms with E-state index in [4.69, 9.17) is 4.74 Å². The summed E-state index contributed by atoms with van der Waals surface area (Å²) in [7, 11) is 0. The molecule has 1 atom stereocenters. The summed E-state index contributed by atoms with van der Waals surface area (Å²) in [4.78, 5) is 25.6. The number of benzene rings is 2. The summed E-state index contributed by atoms with van der Waals surface area (Å²) in [6.45, 7) is 11.3. The quantitative estimate of drug-likeness (QED) is 0.189. The van der Waals surface area contributed by atoms with Gasteiger partial charge < -0.3 is 4.74 Å². The standard InChI is InChI=1S/C27H30O3/c1-5-7-8-12-16-24(28)19-23-18-20(3)17-21(4)26(23)27(29)30-25(13-6-2)22-14-10-9-11-15-22/h5-6,9-12,14-18,25H,1-2,7-8,13,19H2,3-4H3/b16-12+/t25-/m1/s1. The van der Waals surface area contributed by atoms with Crippen molar-refractivity contribution in [3.8, 4) is 0 Å². The van der Waals surface area contributed by atoms with Crippen molar-refractivity contribution < 1.29 is 14.3 Å². The van der Waals surface area contributed by atoms with Crippen LogP contribution >= 0.6 is 0 Å². The second-order valence-corrected chi connectivity index (χ2v) is 7.36. The van der Waals surface area contributed by atoms with E-state index in [0.717, 1.165) is 29.5 Å². The first-order chi connectivity index (χ1) is 14.5. The second-order valence-electron chi connectivity index (χ2n) is 7.36. The SMILES string of the molecule is C=CCC/C=C/C(=O)Cc1cc(C)cc(C)c1C(=O)O[C@H](CC=C)c1ccccc1. The molecule has 0 unspecified atom stereocenters. The van der Waals surface area contributed by atoms with Gasteiger partial charge in [-0.3, -0.25) is 4.79 Å². The maximum Gasteiger partial charge on any atom is 0.339 e. The minimum atomic E-state index is -0.417. The molecule has 0 aliphatic heterocycles. The van der Waals surface area contributed by atoms with E-state index in [2.05, 4.69) is 13.2 Å². The number of allylic oxidation sites excluding steroid dienone is 3. The molecular formula is C27H30O3. The molecule has 0 aliphatic carbocycles. The van der Waals surface area contributed by atoms with Crippen LogP contribution in [0.1, 0.15) is 58.0 Å². The Balaban J connectivity index is 2.27. The number of ether oxygens (including phenoxy) is 1. The zero-order valence-electron chi connectivity index (χ0n) is 17.9. The van der Waals surface area contributed by atoms with Crippen LogP contribution in [0.25, 0.3) is 0 Å². The normalized spacial score (nSPS) is 11.8. The first-order valence-electron chi connectivity index (χ1n) is 10.2. The summed E-state index contributed by atoms with van der Waals surface area (Å²) in [6, 6.07) is 13.5. The predicted molar refractivity (Wildman–Crippen MR) is 123 cm³/mol. The van der Waals surface area contributed by atoms with Crippen LogP contribution < -0.4 is 0 Å². The van der Waals surface area contributed by atoms with Crippen LogP contribution in [0.15, 0.2) is 79.9 Å². The Bertz CT molecular complexity index is 923. The van der Waals surface area contributed by atoms with Crippen LogP contribution in [0.3, 0.4) is 0 Å². The number of hydrogen-bond acceptors (Lipinski definition) is 3. The minimum Gasteiger partial charge on any atom is -0.454 e. The Labute approximate surface area is 179 Å². The van der Waals surface area contributed by atoms with Crippen molar-refractivity contribution in [2.45, 2.75) is 45.6 Å². The van der Waals surface area contributed by atoms with Crippen molar-refractivity contribution in [2.75, 3.05) is 0 Å². The molecule has 0 N–H and O–H groups in total. The lowest BCUT2D eigenvalue weighted by Gasteiger charge is -2.19. The first kappa shape index (κ1) is 23.1. The zero-order valence-corrected chi connectivity index (χ0v) is 17.9. The Morgan fingerprint density at radius 3 is 2.43 bits per heavy atom. The van der Waals surface area contributed by atoms with Crippen molar-refractivity contribution in [1.82, 2.24) is 0 Å². The molecule has 0 spiro atoms. The third kappa shape index (κ3) is 6.70. The second kappa shape index (κ2) is 11.7. The lowest BCUT2D eigenvalue weighted by molar-refractivity contribution is -0.114. The summed E-state index contributed by atoms with van der Waals surface area (Å²) >= 11 is 0. The van der Waals surface area contributed by atoms with Gasteiger partial charge in [0, 0.05) is 12.8 Å². The molecule has 0 aliphatic rings. The summed E-state index contributed by atoms with van der Waals surface area (Å²) in [5.74, 6) is -0.453. The van der Waals surface area contributed by atoms with Crippen LogP contribution in [0.4, 0.5) is 0 Å². The van der Waals surface area contributed by atoms with Crippen LogP contribution in [-0.2, 0) is 16.0 Å². The number of carbonyl (C=O) groups excluding carboxylic acids is 2. The molecule has 3 heteroatoms. The molecule has 156 valence electrons. The molecule has 0 heterocycles. The maximum absolute atomic E-state index is 13.1. The van der Waals surface area contributed by atoms with E-state index in [1.54, 1.807) is 12.2 Å². The van der Waals surface area contributed by atoms with E-state index in [0.29, 0.717) is 17.5 Å². The van der Waals surface area contributed by atoms with E-state index in [-0.39, 0.29) is 12.2 Å². The summed E-state index contributed by atoms with van der Waals surface area (Å²) in [6.07, 6.45) is 8.85. The highest BCUT2D eigenvalue weighted by Gasteiger charge is 2.22. The molecule has 0 bridgehead atoms. The van der Waals surface area contributed by atoms with Gasteiger partial charge in [-0.2, -0.15) is 0 Å². The van der Waals surface area contributed by atoms with E-state index < -0.39 is 12.1 Å². The van der Waals surface area contributed by atoms with Gasteiger partial charge in [0.25, 0.3) is 0 Å². The largest absolute Gasteiger partial charge is 0.454 e. The average molecular weight is 403 g/mol. The molecule has 0 radical (unpaired) electrons. The Hall–Kier alpha value is -3.20. The Kier molecular flexibility index (Phi) is 9.02. The Morgan fingerprint density at radius 1 is 1.03 bits per heavy atom. The maximum atomic E-state index is 13.1. The van der Waals surface area contributed by atoms with Gasteiger partial charge in [0.2, 0.25) is 0 Å². The van der Waals surface area contributed by atoms with Gasteiger partial charge in [-0.1, -0.05) is 66.3 Å². The number of rotatable bonds is 11. The monoisotopic (exact) mass is 402 g/mol. The van der Waals surface area contributed by atoms with Crippen LogP contribution in [0, 0.1) is 13.8 Å². The van der Waals surface area contributed by atoms with Gasteiger partial charge in [0.1, 0.15) is 6.10 Å². The lowest BCUT2D eigenvalue weighted by atomic mass is 9.95. The van der Waals surface area contributed by atoms with Gasteiger partial charge in [0.15, 0.2) is 5.78 Å². The lowest BCUT2D eigenvalue weighted by Crippen LogP contribution is -2.16. The highest BCUT2D eigenvalue weighted by molar-refractivity contribution is 5.97. The average Bonchev–Trinajstić information content (AvgIpc) is 2.71. The molecule has 0 saturated heterocycles. The zero-order chi connectivity index (χ0) is 21.9. The van der Waals surface area contributed by atoms with Gasteiger partial charge >= 0.3 is 5.97 Å². The van der Waals surface area contributed by atoms with Crippen LogP contribution in [0.2, 0.25) is 0 Å². The van der Waals surface area contributed by atoms with Crippen molar-refractivity contribution in [2.24, 2.45) is 0 Å². The third-order valence-electron chi connectivity index (χ3n) is 4.77. The van der Waals surface area contributed by atoms with Crippen LogP contribution in [-0.4, -0.2) is 11.8 Å². The highest BCUT2D eigenvalue weighted by atomic mass is 16.5. The Morgan fingerprint density at radius 2 is 1.77 bits per heavy atom. The van der Waals surface area contributed by atoms with Crippen molar-refractivity contribution in [1.29, 1.82) is 0 Å². The van der Waals surface area contributed by atoms with Crippen LogP contribution in [0.5, 0.6) is 0 Å². The van der Waals surface area contributed by atoms with Crippen molar-refractivity contribution >= 4 is 11.8 Å². The fourth-order valence-corrected chi connectivity index (χ4v) is 3.42. The smallest absolute Gasteiger partial charge is 0.339 e. The molecule has 0 amide bonds. The van der Waals surface area contributed by atoms with Gasteiger partial charge in [-0.25, -0.2) is 4.79 Å². The van der Waals surface area contributed by atoms with E-state index in [1.807, 2.05) is 68.5 Å². The summed E-state index contributed by atoms with van der Waals surface area (Å²) in [5.41, 5.74) is 3.90. The van der Waals surface area contributed by atoms with Crippen molar-refractivity contribution in [3.05, 3.63) is 108 Å². The number of ketones is 1. The van der Waals surface area contributed by atoms with E-state index >= 15 is 0 Å². The number of aryl methyl sites for hydroxylation is 2.